The Hall–Kier alpha value is -1.50. The van der Waals surface area contributed by atoms with Gasteiger partial charge < -0.3 is 20.5 Å². The lowest BCUT2D eigenvalue weighted by Crippen LogP contribution is -2.42. The van der Waals surface area contributed by atoms with Crippen molar-refractivity contribution >= 4 is 24.0 Å². The van der Waals surface area contributed by atoms with Crippen molar-refractivity contribution in [2.75, 3.05) is 39.2 Å². The van der Waals surface area contributed by atoms with Crippen molar-refractivity contribution in [1.82, 2.24) is 4.90 Å². The SMILES string of the molecule is COc1ccc(NC(=O)C(C)N2CCC(C)(CN)C2)cc1OC.Cl. The average molecular weight is 358 g/mol. The van der Waals surface area contributed by atoms with Crippen LogP contribution in [0.2, 0.25) is 0 Å². The monoisotopic (exact) mass is 357 g/mol. The summed E-state index contributed by atoms with van der Waals surface area (Å²) in [6.07, 6.45) is 1.03. The molecule has 0 bridgehead atoms. The van der Waals surface area contributed by atoms with Crippen molar-refractivity contribution < 1.29 is 14.3 Å². The van der Waals surface area contributed by atoms with E-state index in [-0.39, 0.29) is 29.8 Å². The molecule has 0 aromatic heterocycles. The molecule has 2 atom stereocenters. The van der Waals surface area contributed by atoms with Gasteiger partial charge in [0.25, 0.3) is 0 Å². The molecule has 1 aliphatic heterocycles. The van der Waals surface area contributed by atoms with Gasteiger partial charge in [0.05, 0.1) is 20.3 Å². The number of nitrogens with zero attached hydrogens (tertiary/aromatic N) is 1. The Balaban J connectivity index is 0.00000288. The molecule has 7 heteroatoms. The lowest BCUT2D eigenvalue weighted by molar-refractivity contribution is -0.120. The van der Waals surface area contributed by atoms with Gasteiger partial charge in [0.2, 0.25) is 5.91 Å². The van der Waals surface area contributed by atoms with Crippen LogP contribution < -0.4 is 20.5 Å². The summed E-state index contributed by atoms with van der Waals surface area (Å²) in [7, 11) is 3.16. The molecule has 1 saturated heterocycles. The molecule has 1 fully saturated rings. The fraction of sp³-hybridized carbons (Fsp3) is 0.588. The van der Waals surface area contributed by atoms with Crippen molar-refractivity contribution in [1.29, 1.82) is 0 Å². The number of likely N-dealkylation sites (tertiary alicyclic amines) is 1. The van der Waals surface area contributed by atoms with Gasteiger partial charge in [0.1, 0.15) is 0 Å². The Kier molecular flexibility index (Phi) is 7.32. The number of carbonyl (C=O) groups is 1. The van der Waals surface area contributed by atoms with Crippen LogP contribution in [0, 0.1) is 5.41 Å². The number of rotatable bonds is 6. The van der Waals surface area contributed by atoms with Crippen LogP contribution in [0.15, 0.2) is 18.2 Å². The molecule has 0 spiro atoms. The Morgan fingerprint density at radius 3 is 2.58 bits per heavy atom. The Bertz CT molecular complexity index is 570. The lowest BCUT2D eigenvalue weighted by atomic mass is 9.90. The fourth-order valence-electron chi connectivity index (χ4n) is 2.89. The molecule has 136 valence electrons. The molecule has 2 rings (SSSR count). The second-order valence-electron chi connectivity index (χ2n) is 6.47. The minimum absolute atomic E-state index is 0. The molecule has 0 saturated carbocycles. The van der Waals surface area contributed by atoms with Gasteiger partial charge in [-0.05, 0) is 44.0 Å². The van der Waals surface area contributed by atoms with Crippen LogP contribution in [0.3, 0.4) is 0 Å². The molecule has 0 aliphatic carbocycles. The minimum atomic E-state index is -0.198. The van der Waals surface area contributed by atoms with Crippen LogP contribution in [0.4, 0.5) is 5.69 Å². The second-order valence-corrected chi connectivity index (χ2v) is 6.47. The third kappa shape index (κ3) is 4.53. The molecule has 1 aliphatic rings. The van der Waals surface area contributed by atoms with Gasteiger partial charge >= 0.3 is 0 Å². The zero-order chi connectivity index (χ0) is 17.0. The van der Waals surface area contributed by atoms with Crippen LogP contribution in [-0.2, 0) is 4.79 Å². The van der Waals surface area contributed by atoms with Crippen LogP contribution in [0.5, 0.6) is 11.5 Å². The van der Waals surface area contributed by atoms with Gasteiger partial charge in [0, 0.05) is 18.3 Å². The van der Waals surface area contributed by atoms with Crippen LogP contribution in [-0.4, -0.2) is 50.7 Å². The highest BCUT2D eigenvalue weighted by Crippen LogP contribution is 2.31. The highest BCUT2D eigenvalue weighted by Gasteiger charge is 2.36. The van der Waals surface area contributed by atoms with Crippen LogP contribution in [0.25, 0.3) is 0 Å². The fourth-order valence-corrected chi connectivity index (χ4v) is 2.89. The highest BCUT2D eigenvalue weighted by molar-refractivity contribution is 5.94. The van der Waals surface area contributed by atoms with E-state index in [0.717, 1.165) is 19.5 Å². The number of methoxy groups -OCH3 is 2. The predicted molar refractivity (Wildman–Crippen MR) is 98.2 cm³/mol. The molecule has 24 heavy (non-hydrogen) atoms. The van der Waals surface area contributed by atoms with Gasteiger partial charge in [-0.2, -0.15) is 0 Å². The number of carbonyl (C=O) groups excluding carboxylic acids is 1. The van der Waals surface area contributed by atoms with E-state index in [9.17, 15) is 4.79 Å². The van der Waals surface area contributed by atoms with E-state index < -0.39 is 0 Å². The minimum Gasteiger partial charge on any atom is -0.493 e. The number of nitrogens with one attached hydrogen (secondary N) is 1. The molecule has 2 unspecified atom stereocenters. The van der Waals surface area contributed by atoms with Gasteiger partial charge in [0.15, 0.2) is 11.5 Å². The molecule has 1 heterocycles. The Labute approximate surface area is 150 Å². The van der Waals surface area contributed by atoms with E-state index >= 15 is 0 Å². The number of ether oxygens (including phenoxy) is 2. The number of benzene rings is 1. The largest absolute Gasteiger partial charge is 0.493 e. The number of halogens is 1. The number of nitrogens with two attached hydrogens (primary N) is 1. The smallest absolute Gasteiger partial charge is 0.241 e. The van der Waals surface area contributed by atoms with Crippen molar-refractivity contribution in [2.24, 2.45) is 11.1 Å². The average Bonchev–Trinajstić information content (AvgIpc) is 2.97. The normalized spacial score (nSPS) is 21.7. The molecule has 1 aromatic rings. The zero-order valence-electron chi connectivity index (χ0n) is 14.8. The van der Waals surface area contributed by atoms with Crippen LogP contribution in [0.1, 0.15) is 20.3 Å². The summed E-state index contributed by atoms with van der Waals surface area (Å²) in [5.74, 6) is 1.20. The standard InChI is InChI=1S/C17H27N3O3.ClH/c1-12(20-8-7-17(2,10-18)11-20)16(21)19-13-5-6-14(22-3)15(9-13)23-4;/h5-6,9,12H,7-8,10-11,18H2,1-4H3,(H,19,21);1H. The maximum atomic E-state index is 12.5. The molecule has 1 aromatic carbocycles. The predicted octanol–water partition coefficient (Wildman–Crippen LogP) is 2.12. The van der Waals surface area contributed by atoms with Crippen molar-refractivity contribution in [2.45, 2.75) is 26.3 Å². The summed E-state index contributed by atoms with van der Waals surface area (Å²) >= 11 is 0. The van der Waals surface area contributed by atoms with Gasteiger partial charge in [-0.3, -0.25) is 9.69 Å². The van der Waals surface area contributed by atoms with Crippen molar-refractivity contribution in [3.8, 4) is 11.5 Å². The second kappa shape index (κ2) is 8.55. The van der Waals surface area contributed by atoms with Gasteiger partial charge in [-0.25, -0.2) is 0 Å². The first-order chi connectivity index (χ1) is 10.9. The molecular weight excluding hydrogens is 330 g/mol. The third-order valence-corrected chi connectivity index (χ3v) is 4.66. The summed E-state index contributed by atoms with van der Waals surface area (Å²) in [6, 6.07) is 5.15. The lowest BCUT2D eigenvalue weighted by Gasteiger charge is -2.26. The summed E-state index contributed by atoms with van der Waals surface area (Å²) in [4.78, 5) is 14.7. The summed E-state index contributed by atoms with van der Waals surface area (Å²) in [5.41, 5.74) is 6.64. The van der Waals surface area contributed by atoms with E-state index in [4.69, 9.17) is 15.2 Å². The maximum Gasteiger partial charge on any atom is 0.241 e. The molecule has 0 radical (unpaired) electrons. The van der Waals surface area contributed by atoms with E-state index in [2.05, 4.69) is 17.1 Å². The van der Waals surface area contributed by atoms with Gasteiger partial charge in [-0.15, -0.1) is 12.4 Å². The van der Waals surface area contributed by atoms with Crippen molar-refractivity contribution in [3.05, 3.63) is 18.2 Å². The van der Waals surface area contributed by atoms with Crippen LogP contribution >= 0.6 is 12.4 Å². The van der Waals surface area contributed by atoms with E-state index in [1.165, 1.54) is 0 Å². The maximum absolute atomic E-state index is 12.5. The van der Waals surface area contributed by atoms with Crippen molar-refractivity contribution in [3.63, 3.8) is 0 Å². The van der Waals surface area contributed by atoms with E-state index in [1.807, 2.05) is 6.92 Å². The number of hydrogen-bond donors (Lipinski definition) is 2. The first kappa shape index (κ1) is 20.5. The Morgan fingerprint density at radius 2 is 2.04 bits per heavy atom. The first-order valence-corrected chi connectivity index (χ1v) is 7.89. The molecular formula is C17H28ClN3O3. The molecule has 3 N–H and O–H groups in total. The topological polar surface area (TPSA) is 76.8 Å². The Morgan fingerprint density at radius 1 is 1.38 bits per heavy atom. The number of anilines is 1. The highest BCUT2D eigenvalue weighted by atomic mass is 35.5. The molecule has 1 amide bonds. The number of amides is 1. The zero-order valence-corrected chi connectivity index (χ0v) is 15.6. The first-order valence-electron chi connectivity index (χ1n) is 7.89. The quantitative estimate of drug-likeness (QED) is 0.815. The van der Waals surface area contributed by atoms with E-state index in [0.29, 0.717) is 23.7 Å². The van der Waals surface area contributed by atoms with Gasteiger partial charge in [-0.1, -0.05) is 6.92 Å². The third-order valence-electron chi connectivity index (χ3n) is 4.66. The summed E-state index contributed by atoms with van der Waals surface area (Å²) in [5, 5.41) is 2.94. The van der Waals surface area contributed by atoms with E-state index in [1.54, 1.807) is 32.4 Å². The molecule has 6 nitrogen and oxygen atoms in total. The summed E-state index contributed by atoms with van der Waals surface area (Å²) in [6.45, 7) is 6.50. The summed E-state index contributed by atoms with van der Waals surface area (Å²) < 4.78 is 10.5. The number of hydrogen-bond acceptors (Lipinski definition) is 5.